The first-order valence-corrected chi connectivity index (χ1v) is 8.67. The van der Waals surface area contributed by atoms with Crippen LogP contribution in [0.25, 0.3) is 0 Å². The van der Waals surface area contributed by atoms with Crippen molar-refractivity contribution in [2.45, 2.75) is 31.7 Å². The quantitative estimate of drug-likeness (QED) is 0.706. The van der Waals surface area contributed by atoms with Gasteiger partial charge in [0.15, 0.2) is 0 Å². The normalized spacial score (nSPS) is 14.4. The summed E-state index contributed by atoms with van der Waals surface area (Å²) in [6.07, 6.45) is 6.65. The fourth-order valence-electron chi connectivity index (χ4n) is 3.24. The Kier molecular flexibility index (Phi) is 5.38. The molecular formula is C19H23N3O3. The first kappa shape index (κ1) is 17.1. The number of nitrogens with one attached hydrogen (secondary N) is 2. The molecule has 0 atom stereocenters. The molecule has 3 N–H and O–H groups in total. The summed E-state index contributed by atoms with van der Waals surface area (Å²) < 4.78 is 2.07. The summed E-state index contributed by atoms with van der Waals surface area (Å²) in [5.74, 6) is -0.228. The van der Waals surface area contributed by atoms with Gasteiger partial charge in [0.1, 0.15) is 11.4 Å². The van der Waals surface area contributed by atoms with E-state index in [0.29, 0.717) is 30.4 Å². The number of amides is 2. The summed E-state index contributed by atoms with van der Waals surface area (Å²) in [5.41, 5.74) is 1.15. The lowest BCUT2D eigenvalue weighted by atomic mass is 10.2. The van der Waals surface area contributed by atoms with Gasteiger partial charge in [-0.1, -0.05) is 12.8 Å². The number of phenolic OH excluding ortho intramolecular Hbond substituents is 1. The van der Waals surface area contributed by atoms with E-state index < -0.39 is 0 Å². The van der Waals surface area contributed by atoms with Crippen molar-refractivity contribution in [2.75, 3.05) is 13.1 Å². The highest BCUT2D eigenvalue weighted by Gasteiger charge is 2.21. The third-order valence-corrected chi connectivity index (χ3v) is 4.56. The zero-order chi connectivity index (χ0) is 17.6. The van der Waals surface area contributed by atoms with E-state index in [1.807, 2.05) is 18.3 Å². The predicted octanol–water partition coefficient (Wildman–Crippen LogP) is 2.47. The Bertz CT molecular complexity index is 731. The van der Waals surface area contributed by atoms with Crippen LogP contribution in [-0.2, 0) is 0 Å². The maximum Gasteiger partial charge on any atom is 0.267 e. The van der Waals surface area contributed by atoms with Gasteiger partial charge < -0.3 is 20.3 Å². The molecule has 0 radical (unpaired) electrons. The molecule has 1 heterocycles. The van der Waals surface area contributed by atoms with Crippen molar-refractivity contribution in [3.05, 3.63) is 53.9 Å². The second-order valence-corrected chi connectivity index (χ2v) is 6.30. The van der Waals surface area contributed by atoms with Crippen LogP contribution >= 0.6 is 0 Å². The van der Waals surface area contributed by atoms with Crippen molar-refractivity contribution in [3.8, 4) is 5.75 Å². The number of hydrogen-bond donors (Lipinski definition) is 3. The zero-order valence-electron chi connectivity index (χ0n) is 14.1. The molecule has 1 aromatic heterocycles. The largest absolute Gasteiger partial charge is 0.508 e. The molecule has 0 bridgehead atoms. The smallest absolute Gasteiger partial charge is 0.267 e. The van der Waals surface area contributed by atoms with Crippen LogP contribution in [0.4, 0.5) is 0 Å². The minimum absolute atomic E-state index is 0.115. The maximum atomic E-state index is 12.4. The van der Waals surface area contributed by atoms with Gasteiger partial charge in [-0.15, -0.1) is 0 Å². The van der Waals surface area contributed by atoms with Crippen LogP contribution in [0.1, 0.15) is 52.6 Å². The first-order chi connectivity index (χ1) is 12.1. The lowest BCUT2D eigenvalue weighted by molar-refractivity contribution is 0.0921. The molecule has 1 aliphatic carbocycles. The SMILES string of the molecule is O=C(NCCNC(=O)c1cccn1C1CCCC1)c1ccc(O)cc1. The molecule has 0 aliphatic heterocycles. The highest BCUT2D eigenvalue weighted by Crippen LogP contribution is 2.30. The molecule has 2 aromatic rings. The van der Waals surface area contributed by atoms with Crippen LogP contribution in [0.15, 0.2) is 42.6 Å². The molecule has 0 saturated heterocycles. The maximum absolute atomic E-state index is 12.4. The second-order valence-electron chi connectivity index (χ2n) is 6.30. The van der Waals surface area contributed by atoms with Gasteiger partial charge in [0.05, 0.1) is 0 Å². The van der Waals surface area contributed by atoms with E-state index in [1.54, 1.807) is 12.1 Å². The van der Waals surface area contributed by atoms with Crippen molar-refractivity contribution in [1.82, 2.24) is 15.2 Å². The number of hydrogen-bond acceptors (Lipinski definition) is 3. The summed E-state index contributed by atoms with van der Waals surface area (Å²) in [6, 6.07) is 10.2. The Morgan fingerprint density at radius 1 is 1.00 bits per heavy atom. The summed E-state index contributed by atoms with van der Waals surface area (Å²) in [6.45, 7) is 0.702. The molecule has 3 rings (SSSR count). The first-order valence-electron chi connectivity index (χ1n) is 8.67. The molecule has 0 unspecified atom stereocenters. The number of benzene rings is 1. The van der Waals surface area contributed by atoms with Crippen molar-refractivity contribution < 1.29 is 14.7 Å². The second kappa shape index (κ2) is 7.88. The fraction of sp³-hybridized carbons (Fsp3) is 0.368. The summed E-state index contributed by atoms with van der Waals surface area (Å²) in [4.78, 5) is 24.3. The molecule has 25 heavy (non-hydrogen) atoms. The van der Waals surface area contributed by atoms with E-state index in [9.17, 15) is 14.7 Å². The van der Waals surface area contributed by atoms with Crippen LogP contribution in [0, 0.1) is 0 Å². The third-order valence-electron chi connectivity index (χ3n) is 4.56. The Hall–Kier alpha value is -2.76. The van der Waals surface area contributed by atoms with Crippen molar-refractivity contribution in [2.24, 2.45) is 0 Å². The van der Waals surface area contributed by atoms with Crippen LogP contribution in [0.2, 0.25) is 0 Å². The van der Waals surface area contributed by atoms with E-state index >= 15 is 0 Å². The van der Waals surface area contributed by atoms with Gasteiger partial charge >= 0.3 is 0 Å². The molecular weight excluding hydrogens is 318 g/mol. The van der Waals surface area contributed by atoms with Crippen LogP contribution in [0.3, 0.4) is 0 Å². The average Bonchev–Trinajstić information content (AvgIpc) is 3.29. The van der Waals surface area contributed by atoms with Crippen LogP contribution < -0.4 is 10.6 Å². The number of phenols is 1. The Morgan fingerprint density at radius 3 is 2.32 bits per heavy atom. The highest BCUT2D eigenvalue weighted by molar-refractivity contribution is 5.94. The van der Waals surface area contributed by atoms with Gasteiger partial charge in [-0.3, -0.25) is 9.59 Å². The van der Waals surface area contributed by atoms with Crippen molar-refractivity contribution >= 4 is 11.8 Å². The molecule has 6 nitrogen and oxygen atoms in total. The number of aromatic nitrogens is 1. The van der Waals surface area contributed by atoms with E-state index in [2.05, 4.69) is 15.2 Å². The number of nitrogens with zero attached hydrogens (tertiary/aromatic N) is 1. The number of aromatic hydroxyl groups is 1. The van der Waals surface area contributed by atoms with E-state index in [4.69, 9.17) is 0 Å². The Balaban J connectivity index is 1.46. The number of carbonyl (C=O) groups is 2. The summed E-state index contributed by atoms with van der Waals surface area (Å²) >= 11 is 0. The average molecular weight is 341 g/mol. The monoisotopic (exact) mass is 341 g/mol. The molecule has 0 spiro atoms. The standard InChI is InChI=1S/C19H23N3O3/c23-16-9-7-14(8-10-16)18(24)20-11-12-21-19(25)17-6-3-13-22(17)15-4-1-2-5-15/h3,6-10,13,15,23H,1-2,4-5,11-12H2,(H,20,24)(H,21,25). The van der Waals surface area contributed by atoms with Crippen LogP contribution in [0.5, 0.6) is 5.75 Å². The molecule has 1 aromatic carbocycles. The molecule has 2 amide bonds. The minimum atomic E-state index is -0.233. The van der Waals surface area contributed by atoms with Crippen molar-refractivity contribution in [1.29, 1.82) is 0 Å². The Morgan fingerprint density at radius 2 is 1.64 bits per heavy atom. The van der Waals surface area contributed by atoms with E-state index in [1.165, 1.54) is 25.0 Å². The zero-order valence-corrected chi connectivity index (χ0v) is 14.1. The lowest BCUT2D eigenvalue weighted by Gasteiger charge is -2.16. The summed E-state index contributed by atoms with van der Waals surface area (Å²) in [7, 11) is 0. The van der Waals surface area contributed by atoms with Gasteiger partial charge in [-0.25, -0.2) is 0 Å². The van der Waals surface area contributed by atoms with Crippen LogP contribution in [-0.4, -0.2) is 34.6 Å². The van der Waals surface area contributed by atoms with Gasteiger partial charge in [0.25, 0.3) is 11.8 Å². The molecule has 1 fully saturated rings. The lowest BCUT2D eigenvalue weighted by Crippen LogP contribution is -2.35. The molecule has 132 valence electrons. The topological polar surface area (TPSA) is 83.4 Å². The number of carbonyl (C=O) groups excluding carboxylic acids is 2. The van der Waals surface area contributed by atoms with Gasteiger partial charge in [0, 0.05) is 30.9 Å². The van der Waals surface area contributed by atoms with E-state index in [-0.39, 0.29) is 17.6 Å². The van der Waals surface area contributed by atoms with E-state index in [0.717, 1.165) is 12.8 Å². The Labute approximate surface area is 146 Å². The molecule has 6 heteroatoms. The molecule has 1 saturated carbocycles. The summed E-state index contributed by atoms with van der Waals surface area (Å²) in [5, 5.41) is 14.8. The van der Waals surface area contributed by atoms with Crippen molar-refractivity contribution in [3.63, 3.8) is 0 Å². The number of rotatable bonds is 6. The minimum Gasteiger partial charge on any atom is -0.508 e. The van der Waals surface area contributed by atoms with Gasteiger partial charge in [-0.05, 0) is 49.2 Å². The third kappa shape index (κ3) is 4.21. The van der Waals surface area contributed by atoms with Gasteiger partial charge in [0.2, 0.25) is 0 Å². The molecule has 1 aliphatic rings. The fourth-order valence-corrected chi connectivity index (χ4v) is 3.24. The predicted molar refractivity (Wildman–Crippen MR) is 94.7 cm³/mol. The van der Waals surface area contributed by atoms with Gasteiger partial charge in [-0.2, -0.15) is 0 Å². The highest BCUT2D eigenvalue weighted by atomic mass is 16.3.